The number of halogens is 1. The van der Waals surface area contributed by atoms with E-state index in [0.717, 1.165) is 22.6 Å². The first-order valence-electron chi connectivity index (χ1n) is 5.53. The maximum Gasteiger partial charge on any atom is 0.0590 e. The lowest BCUT2D eigenvalue weighted by Crippen LogP contribution is -2.02. The summed E-state index contributed by atoms with van der Waals surface area (Å²) >= 11 is 3.46. The minimum absolute atomic E-state index is 0.817. The molecule has 2 nitrogen and oxygen atoms in total. The second kappa shape index (κ2) is 6.83. The van der Waals surface area contributed by atoms with Crippen molar-refractivity contribution in [1.82, 2.24) is 4.98 Å². The second-order valence-corrected chi connectivity index (χ2v) is 5.03. The van der Waals surface area contributed by atoms with Gasteiger partial charge in [0, 0.05) is 18.9 Å². The van der Waals surface area contributed by atoms with Crippen LogP contribution >= 0.6 is 15.9 Å². The molecule has 0 saturated carbocycles. The van der Waals surface area contributed by atoms with Crippen molar-refractivity contribution in [1.29, 1.82) is 0 Å². The minimum atomic E-state index is 0.817. The van der Waals surface area contributed by atoms with Crippen molar-refractivity contribution in [2.45, 2.75) is 33.1 Å². The minimum Gasteiger partial charge on any atom is -0.384 e. The molecule has 0 saturated heterocycles. The van der Waals surface area contributed by atoms with E-state index in [2.05, 4.69) is 40.1 Å². The van der Waals surface area contributed by atoms with Gasteiger partial charge in [0.1, 0.15) is 0 Å². The number of unbranched alkanes of at least 4 members (excludes halogenated alkanes) is 1. The normalized spacial score (nSPS) is 10.7. The van der Waals surface area contributed by atoms with Crippen LogP contribution in [0.5, 0.6) is 0 Å². The van der Waals surface area contributed by atoms with E-state index in [0.29, 0.717) is 0 Å². The monoisotopic (exact) mass is 270 g/mol. The summed E-state index contributed by atoms with van der Waals surface area (Å²) in [4.78, 5) is 4.03. The molecule has 0 fully saturated rings. The number of hydrogen-bond donors (Lipinski definition) is 1. The summed E-state index contributed by atoms with van der Waals surface area (Å²) < 4.78 is 1.04. The van der Waals surface area contributed by atoms with Crippen molar-refractivity contribution in [3.63, 3.8) is 0 Å². The maximum absolute atomic E-state index is 4.03. The van der Waals surface area contributed by atoms with Gasteiger partial charge in [-0.15, -0.1) is 0 Å². The van der Waals surface area contributed by atoms with Crippen LogP contribution in [0.2, 0.25) is 0 Å². The number of rotatable bonds is 6. The van der Waals surface area contributed by atoms with E-state index in [9.17, 15) is 0 Å². The lowest BCUT2D eigenvalue weighted by atomic mass is 10.1. The first-order valence-corrected chi connectivity index (χ1v) is 6.33. The second-order valence-electron chi connectivity index (χ2n) is 4.17. The smallest absolute Gasteiger partial charge is 0.0590 e. The molecule has 0 aliphatic carbocycles. The fraction of sp³-hybridized carbons (Fsp3) is 0.583. The fourth-order valence-electron chi connectivity index (χ4n) is 1.42. The Hall–Kier alpha value is -0.570. The quantitative estimate of drug-likeness (QED) is 0.788. The molecule has 0 unspecified atom stereocenters. The first-order chi connectivity index (χ1) is 7.20. The van der Waals surface area contributed by atoms with E-state index in [1.807, 2.05) is 12.3 Å². The molecule has 1 aromatic rings. The summed E-state index contributed by atoms with van der Waals surface area (Å²) in [6.45, 7) is 5.58. The number of anilines is 1. The molecule has 1 N–H and O–H groups in total. The zero-order chi connectivity index (χ0) is 11.1. The van der Waals surface area contributed by atoms with Gasteiger partial charge in [0.15, 0.2) is 0 Å². The lowest BCUT2D eigenvalue weighted by Gasteiger charge is -2.08. The highest BCUT2D eigenvalue weighted by atomic mass is 79.9. The molecule has 1 aromatic heterocycles. The third kappa shape index (κ3) is 5.17. The van der Waals surface area contributed by atoms with Gasteiger partial charge >= 0.3 is 0 Å². The van der Waals surface area contributed by atoms with Crippen LogP contribution in [0.15, 0.2) is 22.9 Å². The molecule has 0 atom stereocenters. The van der Waals surface area contributed by atoms with Crippen LogP contribution in [-0.2, 0) is 0 Å². The van der Waals surface area contributed by atoms with Crippen molar-refractivity contribution in [2.75, 3.05) is 11.9 Å². The molecule has 0 bridgehead atoms. The molecule has 0 aromatic carbocycles. The highest BCUT2D eigenvalue weighted by molar-refractivity contribution is 9.10. The highest BCUT2D eigenvalue weighted by Crippen LogP contribution is 2.19. The molecule has 1 rings (SSSR count). The summed E-state index contributed by atoms with van der Waals surface area (Å²) in [6, 6.07) is 1.99. The summed E-state index contributed by atoms with van der Waals surface area (Å²) in [5.74, 6) is 0.817. The summed E-state index contributed by atoms with van der Waals surface area (Å²) in [5.41, 5.74) is 1.13. The molecule has 0 radical (unpaired) electrons. The van der Waals surface area contributed by atoms with Gasteiger partial charge in [-0.05, 0) is 34.3 Å². The molecule has 15 heavy (non-hydrogen) atoms. The molecule has 0 spiro atoms. The van der Waals surface area contributed by atoms with Crippen LogP contribution in [0.1, 0.15) is 33.1 Å². The van der Waals surface area contributed by atoms with Crippen LogP contribution in [0.3, 0.4) is 0 Å². The molecule has 1 heterocycles. The van der Waals surface area contributed by atoms with E-state index >= 15 is 0 Å². The van der Waals surface area contributed by atoms with Crippen molar-refractivity contribution < 1.29 is 0 Å². The average Bonchev–Trinajstić information content (AvgIpc) is 2.20. The topological polar surface area (TPSA) is 24.9 Å². The largest absolute Gasteiger partial charge is 0.384 e. The highest BCUT2D eigenvalue weighted by Gasteiger charge is 1.98. The fourth-order valence-corrected chi connectivity index (χ4v) is 1.81. The summed E-state index contributed by atoms with van der Waals surface area (Å²) in [6.07, 6.45) is 7.47. The number of nitrogens with zero attached hydrogens (tertiary/aromatic N) is 1. The Bertz CT molecular complexity index is 287. The Balaban J connectivity index is 2.18. The van der Waals surface area contributed by atoms with E-state index in [1.165, 1.54) is 19.3 Å². The zero-order valence-electron chi connectivity index (χ0n) is 9.46. The van der Waals surface area contributed by atoms with Gasteiger partial charge in [0.2, 0.25) is 0 Å². The zero-order valence-corrected chi connectivity index (χ0v) is 11.0. The van der Waals surface area contributed by atoms with Crippen LogP contribution in [0.4, 0.5) is 5.69 Å². The Morgan fingerprint density at radius 2 is 2.20 bits per heavy atom. The van der Waals surface area contributed by atoms with Gasteiger partial charge in [0.25, 0.3) is 0 Å². The lowest BCUT2D eigenvalue weighted by molar-refractivity contribution is 0.545. The summed E-state index contributed by atoms with van der Waals surface area (Å²) in [7, 11) is 0. The molecular weight excluding hydrogens is 252 g/mol. The third-order valence-electron chi connectivity index (χ3n) is 2.30. The van der Waals surface area contributed by atoms with Crippen LogP contribution in [-0.4, -0.2) is 11.5 Å². The van der Waals surface area contributed by atoms with E-state index < -0.39 is 0 Å². The predicted octanol–water partition coefficient (Wildman–Crippen LogP) is 4.08. The first kappa shape index (κ1) is 12.5. The molecule has 84 valence electrons. The number of hydrogen-bond acceptors (Lipinski definition) is 2. The van der Waals surface area contributed by atoms with Gasteiger partial charge in [-0.25, -0.2) is 0 Å². The Morgan fingerprint density at radius 1 is 1.40 bits per heavy atom. The Labute approximate surface area is 101 Å². The average molecular weight is 271 g/mol. The number of pyridine rings is 1. The maximum atomic E-state index is 4.03. The van der Waals surface area contributed by atoms with Gasteiger partial charge in [-0.1, -0.05) is 26.7 Å². The Morgan fingerprint density at radius 3 is 2.87 bits per heavy atom. The molecule has 3 heteroatoms. The van der Waals surface area contributed by atoms with Gasteiger partial charge < -0.3 is 5.32 Å². The van der Waals surface area contributed by atoms with Crippen LogP contribution in [0, 0.1) is 5.92 Å². The molecule has 0 amide bonds. The van der Waals surface area contributed by atoms with Gasteiger partial charge in [-0.3, -0.25) is 4.98 Å². The molecule has 0 aliphatic rings. The summed E-state index contributed by atoms with van der Waals surface area (Å²) in [5, 5.41) is 3.40. The standard InChI is InChI=1S/C12H19BrN2/c1-10(2)5-3-4-7-15-12-6-8-14-9-11(12)13/h6,8-10H,3-5,7H2,1-2H3,(H,14,15). The van der Waals surface area contributed by atoms with Crippen molar-refractivity contribution in [3.05, 3.63) is 22.9 Å². The van der Waals surface area contributed by atoms with E-state index in [1.54, 1.807) is 6.20 Å². The SMILES string of the molecule is CC(C)CCCCNc1ccncc1Br. The van der Waals surface area contributed by atoms with Crippen molar-refractivity contribution >= 4 is 21.6 Å². The number of aromatic nitrogens is 1. The van der Waals surface area contributed by atoms with Crippen molar-refractivity contribution in [3.8, 4) is 0 Å². The van der Waals surface area contributed by atoms with Gasteiger partial charge in [0.05, 0.1) is 10.2 Å². The van der Waals surface area contributed by atoms with Gasteiger partial charge in [-0.2, -0.15) is 0 Å². The van der Waals surface area contributed by atoms with Crippen LogP contribution in [0.25, 0.3) is 0 Å². The molecule has 0 aliphatic heterocycles. The van der Waals surface area contributed by atoms with E-state index in [-0.39, 0.29) is 0 Å². The van der Waals surface area contributed by atoms with Crippen molar-refractivity contribution in [2.24, 2.45) is 5.92 Å². The number of nitrogens with one attached hydrogen (secondary N) is 1. The third-order valence-corrected chi connectivity index (χ3v) is 2.93. The van der Waals surface area contributed by atoms with Crippen LogP contribution < -0.4 is 5.32 Å². The predicted molar refractivity (Wildman–Crippen MR) is 69.1 cm³/mol. The van der Waals surface area contributed by atoms with E-state index in [4.69, 9.17) is 0 Å². The molecular formula is C12H19BrN2. The Kier molecular flexibility index (Phi) is 5.69.